The van der Waals surface area contributed by atoms with Crippen LogP contribution in [0.25, 0.3) is 0 Å². The Hall–Kier alpha value is -1.81. The lowest BCUT2D eigenvalue weighted by Gasteiger charge is -2.20. The fourth-order valence-electron chi connectivity index (χ4n) is 5.18. The van der Waals surface area contributed by atoms with Crippen LogP contribution in [-0.4, -0.2) is 65.7 Å². The lowest BCUT2D eigenvalue weighted by molar-refractivity contribution is -0.161. The molecule has 11 heteroatoms. The first-order valence-corrected chi connectivity index (χ1v) is 21.4. The number of aliphatic hydroxyl groups excluding tert-OH is 2. The topological polar surface area (TPSA) is 149 Å². The Bertz CT molecular complexity index is 952. The third-order valence-electron chi connectivity index (χ3n) is 8.30. The summed E-state index contributed by atoms with van der Waals surface area (Å²) in [6.07, 6.45) is 35.4. The van der Waals surface area contributed by atoms with Crippen LogP contribution in [0.4, 0.5) is 0 Å². The lowest BCUT2D eigenvalue weighted by atomic mass is 10.0. The lowest BCUT2D eigenvalue weighted by Crippen LogP contribution is -2.29. The molecule has 51 heavy (non-hydrogen) atoms. The molecular weight excluding hydrogens is 671 g/mol. The molecule has 10 nitrogen and oxygen atoms in total. The Balaban J connectivity index is 4.42. The molecule has 0 aliphatic heterocycles. The number of allylic oxidation sites excluding steroid dienone is 6. The van der Waals surface area contributed by atoms with E-state index in [0.717, 1.165) is 51.4 Å². The molecule has 0 saturated heterocycles. The molecule has 0 rings (SSSR count). The highest BCUT2D eigenvalue weighted by molar-refractivity contribution is 7.47. The minimum absolute atomic E-state index is 0.137. The summed E-state index contributed by atoms with van der Waals surface area (Å²) in [6.45, 7) is 2.30. The van der Waals surface area contributed by atoms with Gasteiger partial charge in [-0.05, 0) is 51.4 Å². The molecule has 3 N–H and O–H groups in total. The van der Waals surface area contributed by atoms with Crippen molar-refractivity contribution in [1.82, 2.24) is 0 Å². The fourth-order valence-corrected chi connectivity index (χ4v) is 5.96. The Morgan fingerprint density at radius 2 is 1.02 bits per heavy atom. The number of hydrogen-bond acceptors (Lipinski definition) is 9. The Morgan fingerprint density at radius 3 is 1.57 bits per heavy atom. The van der Waals surface area contributed by atoms with Gasteiger partial charge in [0.15, 0.2) is 6.10 Å². The van der Waals surface area contributed by atoms with E-state index in [2.05, 4.69) is 54.8 Å². The molecule has 0 radical (unpaired) electrons. The molecule has 0 fully saturated rings. The molecule has 0 aromatic rings. The van der Waals surface area contributed by atoms with Gasteiger partial charge in [0.25, 0.3) is 0 Å². The van der Waals surface area contributed by atoms with E-state index >= 15 is 0 Å². The van der Waals surface area contributed by atoms with E-state index in [1.165, 1.54) is 77.0 Å². The smallest absolute Gasteiger partial charge is 0.462 e. The van der Waals surface area contributed by atoms with Gasteiger partial charge in [-0.15, -0.1) is 0 Å². The molecule has 0 spiro atoms. The van der Waals surface area contributed by atoms with Crippen LogP contribution in [-0.2, 0) is 32.7 Å². The molecule has 0 bridgehead atoms. The molecule has 0 aromatic carbocycles. The molecule has 0 aliphatic carbocycles. The predicted octanol–water partition coefficient (Wildman–Crippen LogP) is 10.00. The van der Waals surface area contributed by atoms with Gasteiger partial charge in [0.05, 0.1) is 19.8 Å². The Morgan fingerprint density at radius 1 is 0.588 bits per heavy atom. The number of hydrogen-bond donors (Lipinski definition) is 3. The van der Waals surface area contributed by atoms with Crippen molar-refractivity contribution in [2.24, 2.45) is 0 Å². The van der Waals surface area contributed by atoms with Crippen molar-refractivity contribution >= 4 is 19.8 Å². The van der Waals surface area contributed by atoms with E-state index in [-0.39, 0.29) is 19.4 Å². The van der Waals surface area contributed by atoms with Crippen molar-refractivity contribution in [3.8, 4) is 0 Å². The summed E-state index contributed by atoms with van der Waals surface area (Å²) in [5, 5.41) is 18.3. The van der Waals surface area contributed by atoms with Crippen molar-refractivity contribution in [3.05, 3.63) is 36.5 Å². The highest BCUT2D eigenvalue weighted by Gasteiger charge is 2.27. The third kappa shape index (κ3) is 36.3. The minimum Gasteiger partial charge on any atom is -0.462 e. The molecule has 0 aromatic heterocycles. The highest BCUT2D eigenvalue weighted by atomic mass is 31.2. The summed E-state index contributed by atoms with van der Waals surface area (Å²) in [6, 6.07) is 0. The van der Waals surface area contributed by atoms with Gasteiger partial charge in [0.1, 0.15) is 12.7 Å². The standard InChI is InChI=1S/C40H73O10P/c1-3-5-7-9-11-13-15-17-18-20-22-24-26-28-30-32-40(44)50-38(36-49-51(45,46)48-34-37(42)33-41)35-47-39(43)31-29-27-25-23-21-19-16-14-12-10-8-6-4-2/h11,13,17-18,22,24,37-38,41-42H,3-10,12,14-16,19-21,23,25-36H2,1-2H3,(H,45,46)/b13-11-,18-17-,24-22-/t37-,38+/m0/s1. The van der Waals surface area contributed by atoms with Gasteiger partial charge in [-0.3, -0.25) is 18.6 Å². The van der Waals surface area contributed by atoms with E-state index < -0.39 is 51.8 Å². The van der Waals surface area contributed by atoms with Gasteiger partial charge in [-0.1, -0.05) is 140 Å². The number of unbranched alkanes of at least 4 members (excludes halogenated alkanes) is 17. The number of aliphatic hydroxyl groups is 2. The van der Waals surface area contributed by atoms with E-state index in [1.54, 1.807) is 0 Å². The average molecular weight is 745 g/mol. The Labute approximate surface area is 310 Å². The predicted molar refractivity (Wildman–Crippen MR) is 205 cm³/mol. The molecule has 0 saturated carbocycles. The fraction of sp³-hybridized carbons (Fsp3) is 0.800. The van der Waals surface area contributed by atoms with Gasteiger partial charge in [-0.25, -0.2) is 4.57 Å². The molecule has 0 amide bonds. The van der Waals surface area contributed by atoms with Crippen molar-refractivity contribution in [2.45, 2.75) is 180 Å². The molecule has 0 aliphatic rings. The molecular formula is C40H73O10P. The van der Waals surface area contributed by atoms with E-state index in [0.29, 0.717) is 12.8 Å². The second-order valence-corrected chi connectivity index (χ2v) is 14.8. The zero-order valence-corrected chi connectivity index (χ0v) is 33.0. The van der Waals surface area contributed by atoms with Crippen LogP contribution in [0.1, 0.15) is 168 Å². The first kappa shape index (κ1) is 49.2. The number of phosphoric acid groups is 1. The monoisotopic (exact) mass is 744 g/mol. The first-order valence-electron chi connectivity index (χ1n) is 19.9. The number of ether oxygens (including phenoxy) is 2. The van der Waals surface area contributed by atoms with Crippen LogP contribution in [0, 0.1) is 0 Å². The minimum atomic E-state index is -4.62. The molecule has 298 valence electrons. The van der Waals surface area contributed by atoms with Crippen molar-refractivity contribution in [2.75, 3.05) is 26.4 Å². The number of carbonyl (C=O) groups is 2. The summed E-state index contributed by atoms with van der Waals surface area (Å²) < 4.78 is 32.6. The summed E-state index contributed by atoms with van der Waals surface area (Å²) in [4.78, 5) is 34.8. The number of esters is 2. The molecule has 1 unspecified atom stereocenters. The zero-order chi connectivity index (χ0) is 37.7. The largest absolute Gasteiger partial charge is 0.472 e. The van der Waals surface area contributed by atoms with Gasteiger partial charge in [0, 0.05) is 12.8 Å². The summed E-state index contributed by atoms with van der Waals surface area (Å²) in [7, 11) is -4.62. The SMILES string of the molecule is CCCCC/C=C\C/C=C\C/C=C\CCCCC(=O)O[C@H](COC(=O)CCCCCCCCCCCCCCC)COP(=O)(O)OC[C@@H](O)CO. The van der Waals surface area contributed by atoms with Crippen LogP contribution in [0.5, 0.6) is 0 Å². The summed E-state index contributed by atoms with van der Waals surface area (Å²) in [5.41, 5.74) is 0. The highest BCUT2D eigenvalue weighted by Crippen LogP contribution is 2.43. The maximum atomic E-state index is 12.5. The second-order valence-electron chi connectivity index (χ2n) is 13.3. The van der Waals surface area contributed by atoms with Crippen LogP contribution in [0.3, 0.4) is 0 Å². The zero-order valence-electron chi connectivity index (χ0n) is 32.1. The maximum absolute atomic E-state index is 12.5. The number of rotatable bonds is 37. The van der Waals surface area contributed by atoms with Crippen LogP contribution in [0.15, 0.2) is 36.5 Å². The van der Waals surface area contributed by atoms with Crippen molar-refractivity contribution in [1.29, 1.82) is 0 Å². The molecule has 0 heterocycles. The first-order chi connectivity index (χ1) is 24.7. The third-order valence-corrected chi connectivity index (χ3v) is 9.25. The number of phosphoric ester groups is 1. The van der Waals surface area contributed by atoms with E-state index in [1.807, 2.05) is 0 Å². The van der Waals surface area contributed by atoms with Crippen LogP contribution < -0.4 is 0 Å². The van der Waals surface area contributed by atoms with Crippen LogP contribution in [0.2, 0.25) is 0 Å². The van der Waals surface area contributed by atoms with E-state index in [9.17, 15) is 24.2 Å². The quantitative estimate of drug-likeness (QED) is 0.0243. The van der Waals surface area contributed by atoms with E-state index in [4.69, 9.17) is 19.1 Å². The van der Waals surface area contributed by atoms with Gasteiger partial charge in [-0.2, -0.15) is 0 Å². The van der Waals surface area contributed by atoms with Crippen LogP contribution >= 0.6 is 7.82 Å². The van der Waals surface area contributed by atoms with Crippen molar-refractivity contribution < 1.29 is 47.8 Å². The molecule has 3 atom stereocenters. The van der Waals surface area contributed by atoms with Crippen molar-refractivity contribution in [3.63, 3.8) is 0 Å². The second kappa shape index (κ2) is 36.5. The van der Waals surface area contributed by atoms with Gasteiger partial charge < -0.3 is 24.6 Å². The summed E-state index contributed by atoms with van der Waals surface area (Å²) >= 11 is 0. The van der Waals surface area contributed by atoms with Gasteiger partial charge in [0.2, 0.25) is 0 Å². The maximum Gasteiger partial charge on any atom is 0.472 e. The normalized spacial score (nSPS) is 14.4. The van der Waals surface area contributed by atoms with Gasteiger partial charge >= 0.3 is 19.8 Å². The number of carbonyl (C=O) groups excluding carboxylic acids is 2. The Kier molecular flexibility index (Phi) is 35.2. The summed E-state index contributed by atoms with van der Waals surface area (Å²) in [5.74, 6) is -0.968. The average Bonchev–Trinajstić information content (AvgIpc) is 3.12.